The van der Waals surface area contributed by atoms with Crippen LogP contribution in [0.15, 0.2) is 16.5 Å². The van der Waals surface area contributed by atoms with Crippen LogP contribution in [0, 0.1) is 6.92 Å². The van der Waals surface area contributed by atoms with Crippen LogP contribution in [0.4, 0.5) is 0 Å². The summed E-state index contributed by atoms with van der Waals surface area (Å²) >= 11 is 0. The molecule has 0 radical (unpaired) electrons. The molecule has 1 rings (SSSR count). The van der Waals surface area contributed by atoms with Crippen molar-refractivity contribution >= 4 is 0 Å². The van der Waals surface area contributed by atoms with E-state index in [-0.39, 0.29) is 5.54 Å². The van der Waals surface area contributed by atoms with Crippen LogP contribution in [0.1, 0.15) is 25.4 Å². The summed E-state index contributed by atoms with van der Waals surface area (Å²) < 4.78 is 5.54. The largest absolute Gasteiger partial charge is 0.465 e. The van der Waals surface area contributed by atoms with Gasteiger partial charge in [0.15, 0.2) is 0 Å². The molecule has 0 saturated heterocycles. The van der Waals surface area contributed by atoms with Gasteiger partial charge in [-0.1, -0.05) is 0 Å². The van der Waals surface area contributed by atoms with Crippen molar-refractivity contribution in [1.82, 2.24) is 10.2 Å². The van der Waals surface area contributed by atoms with E-state index in [1.165, 1.54) is 0 Å². The molecule has 0 aliphatic carbocycles. The molecule has 0 spiro atoms. The minimum atomic E-state index is 0.135. The predicted molar refractivity (Wildman–Crippen MR) is 62.9 cm³/mol. The highest BCUT2D eigenvalue weighted by atomic mass is 16.3. The van der Waals surface area contributed by atoms with Gasteiger partial charge in [-0.3, -0.25) is 4.90 Å². The second kappa shape index (κ2) is 4.81. The quantitative estimate of drug-likeness (QED) is 0.806. The van der Waals surface area contributed by atoms with E-state index >= 15 is 0 Å². The molecule has 1 heterocycles. The molecule has 0 saturated carbocycles. The zero-order valence-corrected chi connectivity index (χ0v) is 10.4. The Morgan fingerprint density at radius 3 is 2.53 bits per heavy atom. The maximum Gasteiger partial charge on any atom is 0.118 e. The Morgan fingerprint density at radius 1 is 1.40 bits per heavy atom. The number of nitrogens with one attached hydrogen (secondary N) is 1. The summed E-state index contributed by atoms with van der Waals surface area (Å²) in [5.41, 5.74) is 0.135. The molecule has 0 aromatic carbocycles. The molecule has 0 aliphatic heterocycles. The SMILES string of the molecule is CNC(C)(C)CN(C)Cc1ccc(C)o1. The minimum absolute atomic E-state index is 0.135. The normalized spacial score (nSPS) is 12.4. The van der Waals surface area contributed by atoms with Gasteiger partial charge in [0.2, 0.25) is 0 Å². The maximum atomic E-state index is 5.54. The van der Waals surface area contributed by atoms with Gasteiger partial charge in [-0.05, 0) is 47.0 Å². The first-order valence-electron chi connectivity index (χ1n) is 5.36. The molecular formula is C12H22N2O. The number of hydrogen-bond donors (Lipinski definition) is 1. The Bertz CT molecular complexity index is 304. The standard InChI is InChI=1S/C12H22N2O/c1-10-6-7-11(15-10)8-14(5)9-12(2,3)13-4/h6-7,13H,8-9H2,1-5H3. The first-order valence-corrected chi connectivity index (χ1v) is 5.36. The van der Waals surface area contributed by atoms with E-state index in [0.717, 1.165) is 24.6 Å². The first kappa shape index (κ1) is 12.3. The average Bonchev–Trinajstić information content (AvgIpc) is 2.50. The fraction of sp³-hybridized carbons (Fsp3) is 0.667. The van der Waals surface area contributed by atoms with E-state index in [1.54, 1.807) is 0 Å². The van der Waals surface area contributed by atoms with Crippen LogP contribution in [-0.2, 0) is 6.54 Å². The van der Waals surface area contributed by atoms with E-state index in [4.69, 9.17) is 4.42 Å². The van der Waals surface area contributed by atoms with Crippen molar-refractivity contribution in [2.45, 2.75) is 32.9 Å². The number of aryl methyl sites for hydroxylation is 1. The molecule has 3 nitrogen and oxygen atoms in total. The van der Waals surface area contributed by atoms with Gasteiger partial charge in [0.25, 0.3) is 0 Å². The Hall–Kier alpha value is -0.800. The highest BCUT2D eigenvalue weighted by Crippen LogP contribution is 2.11. The van der Waals surface area contributed by atoms with Gasteiger partial charge in [-0.2, -0.15) is 0 Å². The van der Waals surface area contributed by atoms with E-state index in [0.29, 0.717) is 0 Å². The lowest BCUT2D eigenvalue weighted by molar-refractivity contribution is 0.223. The monoisotopic (exact) mass is 210 g/mol. The van der Waals surface area contributed by atoms with Crippen molar-refractivity contribution in [2.75, 3.05) is 20.6 Å². The van der Waals surface area contributed by atoms with Crippen LogP contribution in [0.2, 0.25) is 0 Å². The molecule has 1 aromatic heterocycles. The first-order chi connectivity index (χ1) is 6.93. The van der Waals surface area contributed by atoms with E-state index in [1.807, 2.05) is 26.1 Å². The second-order valence-electron chi connectivity index (χ2n) is 4.82. The summed E-state index contributed by atoms with van der Waals surface area (Å²) in [4.78, 5) is 2.26. The van der Waals surface area contributed by atoms with Gasteiger partial charge >= 0.3 is 0 Å². The molecule has 0 aliphatic rings. The molecule has 0 unspecified atom stereocenters. The smallest absolute Gasteiger partial charge is 0.118 e. The highest BCUT2D eigenvalue weighted by molar-refractivity contribution is 5.05. The van der Waals surface area contributed by atoms with Crippen LogP contribution in [0.25, 0.3) is 0 Å². The predicted octanol–water partition coefficient (Wildman–Crippen LogP) is 2.02. The molecule has 0 atom stereocenters. The molecule has 0 fully saturated rings. The lowest BCUT2D eigenvalue weighted by Gasteiger charge is -2.29. The van der Waals surface area contributed by atoms with E-state index in [2.05, 4.69) is 31.1 Å². The van der Waals surface area contributed by atoms with Crippen LogP contribution < -0.4 is 5.32 Å². The molecular weight excluding hydrogens is 188 g/mol. The number of rotatable bonds is 5. The maximum absolute atomic E-state index is 5.54. The van der Waals surface area contributed by atoms with Gasteiger partial charge in [-0.15, -0.1) is 0 Å². The van der Waals surface area contributed by atoms with Crippen molar-refractivity contribution in [2.24, 2.45) is 0 Å². The van der Waals surface area contributed by atoms with Crippen LogP contribution in [-0.4, -0.2) is 31.1 Å². The van der Waals surface area contributed by atoms with Gasteiger partial charge in [0.1, 0.15) is 11.5 Å². The summed E-state index contributed by atoms with van der Waals surface area (Å²) in [6, 6.07) is 4.05. The summed E-state index contributed by atoms with van der Waals surface area (Å²) in [6.45, 7) is 8.21. The van der Waals surface area contributed by atoms with Gasteiger partial charge in [0.05, 0.1) is 6.54 Å². The third kappa shape index (κ3) is 4.06. The fourth-order valence-corrected chi connectivity index (χ4v) is 1.65. The third-order valence-electron chi connectivity index (χ3n) is 2.56. The third-order valence-corrected chi connectivity index (χ3v) is 2.56. The van der Waals surface area contributed by atoms with Crippen LogP contribution in [0.3, 0.4) is 0 Å². The summed E-state index contributed by atoms with van der Waals surface area (Å²) in [6.07, 6.45) is 0. The van der Waals surface area contributed by atoms with Gasteiger partial charge in [-0.25, -0.2) is 0 Å². The van der Waals surface area contributed by atoms with Crippen molar-refractivity contribution in [3.05, 3.63) is 23.7 Å². The zero-order valence-electron chi connectivity index (χ0n) is 10.4. The van der Waals surface area contributed by atoms with E-state index < -0.39 is 0 Å². The lowest BCUT2D eigenvalue weighted by atomic mass is 10.1. The zero-order chi connectivity index (χ0) is 11.5. The van der Waals surface area contributed by atoms with Crippen molar-refractivity contribution in [3.8, 4) is 0 Å². The van der Waals surface area contributed by atoms with Crippen LogP contribution in [0.5, 0.6) is 0 Å². The summed E-state index contributed by atoms with van der Waals surface area (Å²) in [5.74, 6) is 2.01. The van der Waals surface area contributed by atoms with Crippen molar-refractivity contribution in [3.63, 3.8) is 0 Å². The molecule has 86 valence electrons. The Morgan fingerprint density at radius 2 is 2.07 bits per heavy atom. The van der Waals surface area contributed by atoms with Gasteiger partial charge < -0.3 is 9.73 Å². The Labute approximate surface area is 92.5 Å². The number of nitrogens with zero attached hydrogens (tertiary/aromatic N) is 1. The molecule has 0 bridgehead atoms. The van der Waals surface area contributed by atoms with Crippen molar-refractivity contribution in [1.29, 1.82) is 0 Å². The fourth-order valence-electron chi connectivity index (χ4n) is 1.65. The molecule has 0 amide bonds. The summed E-state index contributed by atoms with van der Waals surface area (Å²) in [5, 5.41) is 3.29. The van der Waals surface area contributed by atoms with Gasteiger partial charge in [0, 0.05) is 12.1 Å². The number of likely N-dealkylation sites (N-methyl/N-ethyl adjacent to an activating group) is 2. The van der Waals surface area contributed by atoms with Crippen LogP contribution >= 0.6 is 0 Å². The molecule has 1 aromatic rings. The Balaban J connectivity index is 2.46. The average molecular weight is 210 g/mol. The molecule has 3 heteroatoms. The van der Waals surface area contributed by atoms with Crippen molar-refractivity contribution < 1.29 is 4.42 Å². The second-order valence-corrected chi connectivity index (χ2v) is 4.82. The molecule has 15 heavy (non-hydrogen) atoms. The summed E-state index contributed by atoms with van der Waals surface area (Å²) in [7, 11) is 4.10. The lowest BCUT2D eigenvalue weighted by Crippen LogP contribution is -2.45. The topological polar surface area (TPSA) is 28.4 Å². The Kier molecular flexibility index (Phi) is 3.94. The van der Waals surface area contributed by atoms with E-state index in [9.17, 15) is 0 Å². The number of hydrogen-bond acceptors (Lipinski definition) is 3. The highest BCUT2D eigenvalue weighted by Gasteiger charge is 2.17. The molecule has 1 N–H and O–H groups in total. The minimum Gasteiger partial charge on any atom is -0.465 e. The number of furan rings is 1.